The minimum atomic E-state index is 0.738. The number of aryl methyl sites for hydroxylation is 3. The van der Waals surface area contributed by atoms with Gasteiger partial charge in [0.15, 0.2) is 4.77 Å². The van der Waals surface area contributed by atoms with Crippen molar-refractivity contribution < 1.29 is 4.74 Å². The van der Waals surface area contributed by atoms with Crippen LogP contribution in [0.5, 0.6) is 5.75 Å². The van der Waals surface area contributed by atoms with E-state index < -0.39 is 0 Å². The number of methoxy groups -OCH3 is 1. The summed E-state index contributed by atoms with van der Waals surface area (Å²) in [5.74, 6) is 0.838. The molecular formula is C14H15N3OS2. The van der Waals surface area contributed by atoms with E-state index in [1.165, 1.54) is 0 Å². The van der Waals surface area contributed by atoms with Gasteiger partial charge in [-0.2, -0.15) is 0 Å². The molecule has 3 aromatic rings. The van der Waals surface area contributed by atoms with Gasteiger partial charge in [0, 0.05) is 30.1 Å². The lowest BCUT2D eigenvalue weighted by Crippen LogP contribution is -2.01. The van der Waals surface area contributed by atoms with Crippen molar-refractivity contribution in [2.24, 2.45) is 0 Å². The largest absolute Gasteiger partial charge is 0.497 e. The van der Waals surface area contributed by atoms with Crippen molar-refractivity contribution in [2.75, 3.05) is 7.11 Å². The van der Waals surface area contributed by atoms with Gasteiger partial charge in [-0.3, -0.25) is 0 Å². The summed E-state index contributed by atoms with van der Waals surface area (Å²) in [5.41, 5.74) is 3.18. The van der Waals surface area contributed by atoms with Crippen LogP contribution in [-0.2, 0) is 13.0 Å². The van der Waals surface area contributed by atoms with Gasteiger partial charge in [0.1, 0.15) is 5.75 Å². The summed E-state index contributed by atoms with van der Waals surface area (Å²) in [5, 5.41) is 3.22. The Balaban J connectivity index is 1.93. The molecule has 2 heterocycles. The van der Waals surface area contributed by atoms with E-state index >= 15 is 0 Å². The zero-order valence-electron chi connectivity index (χ0n) is 11.3. The molecule has 0 radical (unpaired) electrons. The van der Waals surface area contributed by atoms with Crippen LogP contribution in [0.25, 0.3) is 11.0 Å². The molecule has 6 heteroatoms. The van der Waals surface area contributed by atoms with Gasteiger partial charge in [-0.05, 0) is 31.3 Å². The molecular weight excluding hydrogens is 290 g/mol. The van der Waals surface area contributed by atoms with Gasteiger partial charge in [0.25, 0.3) is 0 Å². The van der Waals surface area contributed by atoms with E-state index in [1.807, 2.05) is 25.1 Å². The van der Waals surface area contributed by atoms with E-state index in [9.17, 15) is 0 Å². The zero-order chi connectivity index (χ0) is 14.1. The maximum absolute atomic E-state index is 5.40. The van der Waals surface area contributed by atoms with Crippen LogP contribution in [0.3, 0.4) is 0 Å². The number of thiazole rings is 1. The Bertz CT molecular complexity index is 800. The molecule has 4 nitrogen and oxygen atoms in total. The second kappa shape index (κ2) is 5.38. The summed E-state index contributed by atoms with van der Waals surface area (Å²) in [6.07, 6.45) is 0.886. The molecule has 3 rings (SSSR count). The molecule has 0 aliphatic heterocycles. The van der Waals surface area contributed by atoms with Crippen LogP contribution in [0.2, 0.25) is 0 Å². The van der Waals surface area contributed by atoms with Crippen molar-refractivity contribution >= 4 is 34.6 Å². The lowest BCUT2D eigenvalue weighted by molar-refractivity contribution is 0.415. The van der Waals surface area contributed by atoms with Crippen LogP contribution in [0.1, 0.15) is 10.7 Å². The topological polar surface area (TPSA) is 42.8 Å². The second-order valence-electron chi connectivity index (χ2n) is 4.60. The quantitative estimate of drug-likeness (QED) is 0.747. The molecule has 20 heavy (non-hydrogen) atoms. The fourth-order valence-electron chi connectivity index (χ4n) is 2.21. The van der Waals surface area contributed by atoms with E-state index in [0.29, 0.717) is 0 Å². The summed E-state index contributed by atoms with van der Waals surface area (Å²) in [4.78, 5) is 7.71. The summed E-state index contributed by atoms with van der Waals surface area (Å²) in [7, 11) is 1.67. The Labute approximate surface area is 126 Å². The highest BCUT2D eigenvalue weighted by atomic mass is 32.1. The van der Waals surface area contributed by atoms with E-state index in [-0.39, 0.29) is 0 Å². The smallest absolute Gasteiger partial charge is 0.178 e. The van der Waals surface area contributed by atoms with E-state index in [2.05, 4.69) is 19.9 Å². The molecule has 0 bridgehead atoms. The molecule has 104 valence electrons. The molecule has 0 aliphatic rings. The summed E-state index contributed by atoms with van der Waals surface area (Å²) >= 11 is 7.10. The van der Waals surface area contributed by atoms with Crippen molar-refractivity contribution in [3.8, 4) is 5.75 Å². The van der Waals surface area contributed by atoms with Gasteiger partial charge in [-0.25, -0.2) is 4.98 Å². The normalized spacial score (nSPS) is 11.1. The number of aromatic nitrogens is 3. The van der Waals surface area contributed by atoms with Gasteiger partial charge in [0.05, 0.1) is 23.2 Å². The van der Waals surface area contributed by atoms with Crippen LogP contribution in [0, 0.1) is 11.7 Å². The van der Waals surface area contributed by atoms with Crippen molar-refractivity contribution in [1.29, 1.82) is 0 Å². The number of nitrogens with one attached hydrogen (secondary N) is 1. The van der Waals surface area contributed by atoms with Crippen LogP contribution in [0.15, 0.2) is 23.6 Å². The van der Waals surface area contributed by atoms with Gasteiger partial charge in [-0.1, -0.05) is 0 Å². The van der Waals surface area contributed by atoms with E-state index in [0.717, 1.165) is 45.2 Å². The number of ether oxygens (including phenoxy) is 1. The predicted octanol–water partition coefficient (Wildman–Crippen LogP) is 3.72. The Morgan fingerprint density at radius 2 is 2.30 bits per heavy atom. The van der Waals surface area contributed by atoms with Crippen molar-refractivity contribution in [3.63, 3.8) is 0 Å². The number of hydrogen-bond acceptors (Lipinski definition) is 4. The van der Waals surface area contributed by atoms with Crippen LogP contribution >= 0.6 is 23.6 Å². The van der Waals surface area contributed by atoms with Crippen LogP contribution in [-0.4, -0.2) is 21.6 Å². The number of imidazole rings is 1. The number of fused-ring (bicyclic) bond motifs is 1. The van der Waals surface area contributed by atoms with E-state index in [1.54, 1.807) is 18.4 Å². The van der Waals surface area contributed by atoms with Gasteiger partial charge in [-0.15, -0.1) is 11.3 Å². The molecule has 0 spiro atoms. The number of hydrogen-bond donors (Lipinski definition) is 1. The summed E-state index contributed by atoms with van der Waals surface area (Å²) in [6, 6.07) is 5.94. The zero-order valence-corrected chi connectivity index (χ0v) is 13.0. The minimum Gasteiger partial charge on any atom is -0.497 e. The Morgan fingerprint density at radius 1 is 1.45 bits per heavy atom. The van der Waals surface area contributed by atoms with Crippen LogP contribution < -0.4 is 4.74 Å². The average molecular weight is 305 g/mol. The Kier molecular flexibility index (Phi) is 3.58. The number of nitrogens with zero attached hydrogens (tertiary/aromatic N) is 2. The monoisotopic (exact) mass is 305 g/mol. The van der Waals surface area contributed by atoms with Crippen molar-refractivity contribution in [1.82, 2.24) is 14.5 Å². The lowest BCUT2D eigenvalue weighted by atomic mass is 10.3. The maximum atomic E-state index is 5.40. The van der Waals surface area contributed by atoms with Crippen molar-refractivity contribution in [3.05, 3.63) is 39.1 Å². The Hall–Kier alpha value is -1.66. The SMILES string of the molecule is COc1ccc2[nH]c(=S)n(CCc3nc(C)cs3)c2c1. The molecule has 0 fully saturated rings. The van der Waals surface area contributed by atoms with Gasteiger partial charge in [0.2, 0.25) is 0 Å². The van der Waals surface area contributed by atoms with Crippen molar-refractivity contribution in [2.45, 2.75) is 19.9 Å². The minimum absolute atomic E-state index is 0.738. The summed E-state index contributed by atoms with van der Waals surface area (Å²) in [6.45, 7) is 2.83. The predicted molar refractivity (Wildman–Crippen MR) is 84.2 cm³/mol. The third-order valence-electron chi connectivity index (χ3n) is 3.20. The molecule has 1 aromatic carbocycles. The fourth-order valence-corrected chi connectivity index (χ4v) is 3.27. The fraction of sp³-hybridized carbons (Fsp3) is 0.286. The molecule has 0 unspecified atom stereocenters. The molecule has 0 atom stereocenters. The van der Waals surface area contributed by atoms with Gasteiger partial charge < -0.3 is 14.3 Å². The molecule has 0 aliphatic carbocycles. The molecule has 2 aromatic heterocycles. The Morgan fingerprint density at radius 3 is 3.00 bits per heavy atom. The molecule has 1 N–H and O–H groups in total. The molecule has 0 saturated heterocycles. The highest BCUT2D eigenvalue weighted by Gasteiger charge is 2.07. The molecule has 0 saturated carbocycles. The first kappa shape index (κ1) is 13.3. The van der Waals surface area contributed by atoms with Gasteiger partial charge >= 0.3 is 0 Å². The van der Waals surface area contributed by atoms with E-state index in [4.69, 9.17) is 17.0 Å². The first-order valence-electron chi connectivity index (χ1n) is 6.35. The third-order valence-corrected chi connectivity index (χ3v) is 4.55. The maximum Gasteiger partial charge on any atom is 0.178 e. The summed E-state index contributed by atoms with van der Waals surface area (Å²) < 4.78 is 8.12. The average Bonchev–Trinajstić information content (AvgIpc) is 2.98. The van der Waals surface area contributed by atoms with Crippen LogP contribution in [0.4, 0.5) is 0 Å². The second-order valence-corrected chi connectivity index (χ2v) is 5.93. The first-order valence-corrected chi connectivity index (χ1v) is 7.64. The molecule has 0 amide bonds. The highest BCUT2D eigenvalue weighted by Crippen LogP contribution is 2.21. The number of H-pyrrole nitrogens is 1. The number of benzene rings is 1. The lowest BCUT2D eigenvalue weighted by Gasteiger charge is -2.04. The standard InChI is InChI=1S/C14H15N3OS2/c1-9-8-20-13(15-9)5-6-17-12-7-10(18-2)3-4-11(12)16-14(17)19/h3-4,7-8H,5-6H2,1-2H3,(H,16,19). The number of aromatic amines is 1. The third kappa shape index (κ3) is 2.48. The highest BCUT2D eigenvalue weighted by molar-refractivity contribution is 7.71. The first-order chi connectivity index (χ1) is 9.67. The number of rotatable bonds is 4.